The summed E-state index contributed by atoms with van der Waals surface area (Å²) in [5.74, 6) is 0. The van der Waals surface area contributed by atoms with E-state index in [0.717, 1.165) is 15.1 Å². The van der Waals surface area contributed by atoms with Crippen LogP contribution in [-0.4, -0.2) is 18.8 Å². The Morgan fingerprint density at radius 1 is 1.50 bits per heavy atom. The number of rotatable bonds is 4. The third-order valence-corrected chi connectivity index (χ3v) is 3.72. The summed E-state index contributed by atoms with van der Waals surface area (Å²) >= 11 is 9.52. The fourth-order valence-corrected chi connectivity index (χ4v) is 2.07. The molecule has 0 fully saturated rings. The van der Waals surface area contributed by atoms with Gasteiger partial charge in [-0.3, -0.25) is 0 Å². The zero-order valence-electron chi connectivity index (χ0n) is 9.76. The molecule has 16 heavy (non-hydrogen) atoms. The maximum Gasteiger partial charge on any atom is 0.0776 e. The molecule has 0 heterocycles. The predicted octanol–water partition coefficient (Wildman–Crippen LogP) is 3.40. The van der Waals surface area contributed by atoms with Crippen LogP contribution in [0.3, 0.4) is 0 Å². The van der Waals surface area contributed by atoms with Crippen molar-refractivity contribution in [1.82, 2.24) is 0 Å². The molecule has 1 unspecified atom stereocenters. The minimum absolute atomic E-state index is 0.0869. The van der Waals surface area contributed by atoms with Crippen LogP contribution >= 0.6 is 27.5 Å². The molecule has 0 amide bonds. The zero-order chi connectivity index (χ0) is 12.3. The van der Waals surface area contributed by atoms with Crippen molar-refractivity contribution in [2.24, 2.45) is 5.73 Å². The van der Waals surface area contributed by atoms with Gasteiger partial charge in [-0.1, -0.05) is 33.6 Å². The van der Waals surface area contributed by atoms with Crippen LogP contribution < -0.4 is 5.73 Å². The Morgan fingerprint density at radius 2 is 2.12 bits per heavy atom. The number of ether oxygens (including phenoxy) is 1. The molecule has 2 N–H and O–H groups in total. The van der Waals surface area contributed by atoms with E-state index in [1.54, 1.807) is 7.11 Å². The SMILES string of the molecule is COC(C)(C)C(N)Cc1ccc(Br)cc1Cl. The Bertz CT molecular complexity index is 368. The van der Waals surface area contributed by atoms with E-state index in [1.807, 2.05) is 32.0 Å². The Balaban J connectivity index is 2.81. The first-order chi connectivity index (χ1) is 7.36. The fraction of sp³-hybridized carbons (Fsp3) is 0.500. The van der Waals surface area contributed by atoms with Crippen LogP contribution in [0.25, 0.3) is 0 Å². The van der Waals surface area contributed by atoms with Crippen LogP contribution in [0.4, 0.5) is 0 Å². The highest BCUT2D eigenvalue weighted by Crippen LogP contribution is 2.24. The van der Waals surface area contributed by atoms with Gasteiger partial charge in [-0.05, 0) is 38.0 Å². The second-order valence-electron chi connectivity index (χ2n) is 4.35. The Hall–Kier alpha value is -0.0900. The smallest absolute Gasteiger partial charge is 0.0776 e. The van der Waals surface area contributed by atoms with Crippen molar-refractivity contribution in [3.05, 3.63) is 33.3 Å². The highest BCUT2D eigenvalue weighted by molar-refractivity contribution is 9.10. The molecule has 1 aromatic rings. The monoisotopic (exact) mass is 305 g/mol. The van der Waals surface area contributed by atoms with Gasteiger partial charge in [-0.15, -0.1) is 0 Å². The number of nitrogens with two attached hydrogens (primary N) is 1. The predicted molar refractivity (Wildman–Crippen MR) is 71.9 cm³/mol. The van der Waals surface area contributed by atoms with Crippen molar-refractivity contribution >= 4 is 27.5 Å². The van der Waals surface area contributed by atoms with Crippen LogP contribution in [-0.2, 0) is 11.2 Å². The molecule has 90 valence electrons. The third kappa shape index (κ3) is 3.45. The van der Waals surface area contributed by atoms with E-state index in [0.29, 0.717) is 6.42 Å². The van der Waals surface area contributed by atoms with Crippen molar-refractivity contribution < 1.29 is 4.74 Å². The summed E-state index contributed by atoms with van der Waals surface area (Å²) < 4.78 is 6.33. The Kier molecular flexibility index (Phi) is 4.80. The molecule has 0 bridgehead atoms. The molecular weight excluding hydrogens is 289 g/mol. The molecular formula is C12H17BrClNO. The fourth-order valence-electron chi connectivity index (χ4n) is 1.32. The molecule has 0 saturated heterocycles. The summed E-state index contributed by atoms with van der Waals surface area (Å²) in [6.45, 7) is 3.95. The van der Waals surface area contributed by atoms with E-state index in [2.05, 4.69) is 15.9 Å². The largest absolute Gasteiger partial charge is 0.377 e. The first kappa shape index (κ1) is 14.0. The lowest BCUT2D eigenvalue weighted by atomic mass is 9.93. The van der Waals surface area contributed by atoms with Gasteiger partial charge >= 0.3 is 0 Å². The van der Waals surface area contributed by atoms with Gasteiger partial charge in [0.1, 0.15) is 0 Å². The van der Waals surface area contributed by atoms with E-state index < -0.39 is 0 Å². The number of halogens is 2. The summed E-state index contributed by atoms with van der Waals surface area (Å²) in [4.78, 5) is 0. The van der Waals surface area contributed by atoms with Gasteiger partial charge in [0.25, 0.3) is 0 Å². The summed E-state index contributed by atoms with van der Waals surface area (Å²) in [5.41, 5.74) is 6.80. The maximum absolute atomic E-state index is 6.14. The van der Waals surface area contributed by atoms with E-state index in [-0.39, 0.29) is 11.6 Å². The van der Waals surface area contributed by atoms with Gasteiger partial charge in [0.2, 0.25) is 0 Å². The number of methoxy groups -OCH3 is 1. The minimum Gasteiger partial charge on any atom is -0.377 e. The Labute approximate surface area is 110 Å². The lowest BCUT2D eigenvalue weighted by molar-refractivity contribution is 0.000812. The van der Waals surface area contributed by atoms with Gasteiger partial charge in [-0.25, -0.2) is 0 Å². The normalized spacial score (nSPS) is 13.9. The molecule has 2 nitrogen and oxygen atoms in total. The molecule has 0 spiro atoms. The standard InChI is InChI=1S/C12H17BrClNO/c1-12(2,16-3)11(15)6-8-4-5-9(13)7-10(8)14/h4-5,7,11H,6,15H2,1-3H3. The van der Waals surface area contributed by atoms with Gasteiger partial charge in [-0.2, -0.15) is 0 Å². The first-order valence-corrected chi connectivity index (χ1v) is 6.28. The molecule has 0 saturated carbocycles. The summed E-state index contributed by atoms with van der Waals surface area (Å²) in [6.07, 6.45) is 0.701. The van der Waals surface area contributed by atoms with E-state index in [1.165, 1.54) is 0 Å². The highest BCUT2D eigenvalue weighted by atomic mass is 79.9. The van der Waals surface area contributed by atoms with Gasteiger partial charge in [0.05, 0.1) is 5.60 Å². The van der Waals surface area contributed by atoms with Crippen molar-refractivity contribution in [1.29, 1.82) is 0 Å². The zero-order valence-corrected chi connectivity index (χ0v) is 12.1. The average Bonchev–Trinajstić information content (AvgIpc) is 2.22. The summed E-state index contributed by atoms with van der Waals surface area (Å²) in [5, 5.41) is 0.733. The van der Waals surface area contributed by atoms with Crippen LogP contribution in [0.15, 0.2) is 22.7 Å². The molecule has 0 aromatic heterocycles. The van der Waals surface area contributed by atoms with Crippen molar-refractivity contribution in [2.45, 2.75) is 31.9 Å². The average molecular weight is 307 g/mol. The van der Waals surface area contributed by atoms with Crippen LogP contribution in [0.5, 0.6) is 0 Å². The molecule has 0 aliphatic carbocycles. The lowest BCUT2D eigenvalue weighted by Gasteiger charge is -2.30. The van der Waals surface area contributed by atoms with Gasteiger partial charge < -0.3 is 10.5 Å². The second-order valence-corrected chi connectivity index (χ2v) is 5.68. The van der Waals surface area contributed by atoms with Crippen LogP contribution in [0, 0.1) is 0 Å². The third-order valence-electron chi connectivity index (χ3n) is 2.87. The lowest BCUT2D eigenvalue weighted by Crippen LogP contribution is -2.46. The summed E-state index contributed by atoms with van der Waals surface area (Å²) in [6, 6.07) is 5.74. The number of benzene rings is 1. The Morgan fingerprint density at radius 3 is 2.62 bits per heavy atom. The van der Waals surface area contributed by atoms with Crippen molar-refractivity contribution in [3.8, 4) is 0 Å². The molecule has 0 aliphatic rings. The van der Waals surface area contributed by atoms with Gasteiger partial charge in [0, 0.05) is 22.6 Å². The molecule has 4 heteroatoms. The molecule has 0 radical (unpaired) electrons. The molecule has 1 aromatic carbocycles. The van der Waals surface area contributed by atoms with Crippen LogP contribution in [0.1, 0.15) is 19.4 Å². The number of hydrogen-bond donors (Lipinski definition) is 1. The van der Waals surface area contributed by atoms with E-state index >= 15 is 0 Å². The van der Waals surface area contributed by atoms with Crippen LogP contribution in [0.2, 0.25) is 5.02 Å². The van der Waals surface area contributed by atoms with Crippen molar-refractivity contribution in [3.63, 3.8) is 0 Å². The first-order valence-electron chi connectivity index (χ1n) is 5.11. The molecule has 0 aliphatic heterocycles. The molecule has 1 rings (SSSR count). The van der Waals surface area contributed by atoms with Crippen molar-refractivity contribution in [2.75, 3.05) is 7.11 Å². The van der Waals surface area contributed by atoms with Gasteiger partial charge in [0.15, 0.2) is 0 Å². The highest BCUT2D eigenvalue weighted by Gasteiger charge is 2.26. The second kappa shape index (κ2) is 5.50. The van der Waals surface area contributed by atoms with E-state index in [4.69, 9.17) is 22.1 Å². The minimum atomic E-state index is -0.351. The molecule has 1 atom stereocenters. The number of hydrogen-bond acceptors (Lipinski definition) is 2. The topological polar surface area (TPSA) is 35.2 Å². The maximum atomic E-state index is 6.14. The quantitative estimate of drug-likeness (QED) is 0.925. The summed E-state index contributed by atoms with van der Waals surface area (Å²) in [7, 11) is 1.67. The van der Waals surface area contributed by atoms with E-state index in [9.17, 15) is 0 Å².